The van der Waals surface area contributed by atoms with Crippen molar-refractivity contribution >= 4 is 17.4 Å². The van der Waals surface area contributed by atoms with Gasteiger partial charge in [0.2, 0.25) is 0 Å². The van der Waals surface area contributed by atoms with Crippen LogP contribution in [0.5, 0.6) is 11.5 Å². The van der Waals surface area contributed by atoms with Crippen molar-refractivity contribution in [2.75, 3.05) is 7.11 Å². The number of aromatic nitrogens is 1. The van der Waals surface area contributed by atoms with E-state index in [0.717, 1.165) is 5.56 Å². The Labute approximate surface area is 150 Å². The predicted octanol–water partition coefficient (Wildman–Crippen LogP) is 4.79. The number of nitrogens with zero attached hydrogens (tertiary/aromatic N) is 1. The lowest BCUT2D eigenvalue weighted by Gasteiger charge is -2.10. The van der Waals surface area contributed by atoms with Crippen molar-refractivity contribution in [2.24, 2.45) is 0 Å². The second-order valence-corrected chi connectivity index (χ2v) is 5.83. The van der Waals surface area contributed by atoms with Gasteiger partial charge in [-0.15, -0.1) is 0 Å². The number of methoxy groups -OCH3 is 1. The zero-order valence-corrected chi connectivity index (χ0v) is 14.5. The summed E-state index contributed by atoms with van der Waals surface area (Å²) in [4.78, 5) is 11.4. The molecule has 1 heterocycles. The standard InChI is InChI=1S/C19H16ClNO4/c1-12(22)14-5-8-18(19(9-14)23-2)24-11-16-10-17(21-25-16)13-3-6-15(20)7-4-13/h3-10H,11H2,1-2H3. The van der Waals surface area contributed by atoms with Crippen LogP contribution in [0.2, 0.25) is 5.02 Å². The van der Waals surface area contributed by atoms with Crippen molar-refractivity contribution in [3.05, 3.63) is 64.9 Å². The van der Waals surface area contributed by atoms with Crippen LogP contribution in [0.25, 0.3) is 11.3 Å². The fourth-order valence-corrected chi connectivity index (χ4v) is 2.42. The van der Waals surface area contributed by atoms with Crippen LogP contribution >= 0.6 is 11.6 Å². The summed E-state index contributed by atoms with van der Waals surface area (Å²) < 4.78 is 16.3. The molecule has 2 aromatic carbocycles. The second kappa shape index (κ2) is 7.40. The number of hydrogen-bond donors (Lipinski definition) is 0. The number of rotatable bonds is 6. The average molecular weight is 358 g/mol. The van der Waals surface area contributed by atoms with Crippen LogP contribution in [0.4, 0.5) is 0 Å². The molecule has 0 saturated heterocycles. The van der Waals surface area contributed by atoms with Crippen molar-refractivity contribution < 1.29 is 18.8 Å². The second-order valence-electron chi connectivity index (χ2n) is 5.40. The SMILES string of the molecule is COc1cc(C(C)=O)ccc1OCc1cc(-c2ccc(Cl)cc2)no1. The zero-order chi connectivity index (χ0) is 17.8. The van der Waals surface area contributed by atoms with E-state index in [1.54, 1.807) is 36.4 Å². The van der Waals surface area contributed by atoms with Gasteiger partial charge in [0.25, 0.3) is 0 Å². The molecule has 0 atom stereocenters. The summed E-state index contributed by atoms with van der Waals surface area (Å²) in [6.07, 6.45) is 0. The molecule has 0 unspecified atom stereocenters. The lowest BCUT2D eigenvalue weighted by molar-refractivity contribution is 0.101. The molecule has 0 N–H and O–H groups in total. The average Bonchev–Trinajstić information content (AvgIpc) is 3.09. The Morgan fingerprint density at radius 2 is 1.88 bits per heavy atom. The molecule has 6 heteroatoms. The molecule has 5 nitrogen and oxygen atoms in total. The minimum atomic E-state index is -0.0345. The van der Waals surface area contributed by atoms with Crippen molar-refractivity contribution in [1.82, 2.24) is 5.16 Å². The highest BCUT2D eigenvalue weighted by Gasteiger charge is 2.11. The van der Waals surface area contributed by atoms with E-state index in [2.05, 4.69) is 5.16 Å². The third-order valence-corrected chi connectivity index (χ3v) is 3.89. The summed E-state index contributed by atoms with van der Waals surface area (Å²) in [5.74, 6) is 1.55. The number of ether oxygens (including phenoxy) is 2. The van der Waals surface area contributed by atoms with E-state index in [9.17, 15) is 4.79 Å². The largest absolute Gasteiger partial charge is 0.493 e. The first-order chi connectivity index (χ1) is 12.1. The molecule has 0 fully saturated rings. The predicted molar refractivity (Wildman–Crippen MR) is 94.3 cm³/mol. The molecular weight excluding hydrogens is 342 g/mol. The fourth-order valence-electron chi connectivity index (χ4n) is 2.29. The topological polar surface area (TPSA) is 61.6 Å². The maximum Gasteiger partial charge on any atom is 0.174 e. The molecule has 0 amide bonds. The first-order valence-electron chi connectivity index (χ1n) is 7.60. The minimum absolute atomic E-state index is 0.0345. The smallest absolute Gasteiger partial charge is 0.174 e. The van der Waals surface area contributed by atoms with Gasteiger partial charge in [-0.05, 0) is 37.3 Å². The Morgan fingerprint density at radius 3 is 2.56 bits per heavy atom. The van der Waals surface area contributed by atoms with E-state index in [1.807, 2.05) is 12.1 Å². The molecule has 0 bridgehead atoms. The molecule has 3 aromatic rings. The van der Waals surface area contributed by atoms with Crippen molar-refractivity contribution in [3.8, 4) is 22.8 Å². The number of Topliss-reactive ketones (excluding diaryl/α,β-unsaturated/α-hetero) is 1. The normalized spacial score (nSPS) is 10.5. The van der Waals surface area contributed by atoms with Gasteiger partial charge >= 0.3 is 0 Å². The van der Waals surface area contributed by atoms with Gasteiger partial charge in [0.1, 0.15) is 12.3 Å². The third-order valence-electron chi connectivity index (χ3n) is 3.64. The first kappa shape index (κ1) is 17.0. The molecule has 0 aliphatic rings. The Hall–Kier alpha value is -2.79. The van der Waals surface area contributed by atoms with Crippen molar-refractivity contribution in [1.29, 1.82) is 0 Å². The van der Waals surface area contributed by atoms with Gasteiger partial charge < -0.3 is 14.0 Å². The highest BCUT2D eigenvalue weighted by atomic mass is 35.5. The zero-order valence-electron chi connectivity index (χ0n) is 13.8. The Kier molecular flexibility index (Phi) is 5.05. The molecular formula is C19H16ClNO4. The molecule has 128 valence electrons. The lowest BCUT2D eigenvalue weighted by atomic mass is 10.1. The van der Waals surface area contributed by atoms with Crippen molar-refractivity contribution in [3.63, 3.8) is 0 Å². The van der Waals surface area contributed by atoms with Gasteiger partial charge in [0, 0.05) is 22.2 Å². The summed E-state index contributed by atoms with van der Waals surface area (Å²) in [5.41, 5.74) is 2.17. The number of halogens is 1. The minimum Gasteiger partial charge on any atom is -0.493 e. The molecule has 0 aliphatic heterocycles. The Balaban J connectivity index is 1.72. The molecule has 3 rings (SSSR count). The van der Waals surface area contributed by atoms with Gasteiger partial charge in [0.15, 0.2) is 23.0 Å². The van der Waals surface area contributed by atoms with E-state index < -0.39 is 0 Å². The molecule has 1 aromatic heterocycles. The van der Waals surface area contributed by atoms with Gasteiger partial charge in [-0.2, -0.15) is 0 Å². The molecule has 0 radical (unpaired) electrons. The summed E-state index contributed by atoms with van der Waals surface area (Å²) in [6, 6.07) is 14.2. The number of benzene rings is 2. The van der Waals surface area contributed by atoms with Gasteiger partial charge in [0.05, 0.1) is 7.11 Å². The number of hydrogen-bond acceptors (Lipinski definition) is 5. The fraction of sp³-hybridized carbons (Fsp3) is 0.158. The summed E-state index contributed by atoms with van der Waals surface area (Å²) >= 11 is 5.88. The monoisotopic (exact) mass is 357 g/mol. The molecule has 0 saturated carbocycles. The molecule has 25 heavy (non-hydrogen) atoms. The van der Waals surface area contributed by atoms with E-state index in [-0.39, 0.29) is 12.4 Å². The first-order valence-corrected chi connectivity index (χ1v) is 7.98. The number of carbonyl (C=O) groups excluding carboxylic acids is 1. The highest BCUT2D eigenvalue weighted by molar-refractivity contribution is 6.30. The van der Waals surface area contributed by atoms with E-state index >= 15 is 0 Å². The van der Waals surface area contributed by atoms with E-state index in [4.69, 9.17) is 25.6 Å². The van der Waals surface area contributed by atoms with Crippen LogP contribution in [-0.2, 0) is 6.61 Å². The Bertz CT molecular complexity index is 887. The lowest BCUT2D eigenvalue weighted by Crippen LogP contribution is -1.99. The third kappa shape index (κ3) is 4.00. The van der Waals surface area contributed by atoms with Gasteiger partial charge in [-0.25, -0.2) is 0 Å². The molecule has 0 spiro atoms. The van der Waals surface area contributed by atoms with E-state index in [0.29, 0.717) is 33.5 Å². The van der Waals surface area contributed by atoms with Crippen molar-refractivity contribution in [2.45, 2.75) is 13.5 Å². The Morgan fingerprint density at radius 1 is 1.12 bits per heavy atom. The van der Waals surface area contributed by atoms with E-state index in [1.165, 1.54) is 14.0 Å². The summed E-state index contributed by atoms with van der Waals surface area (Å²) in [6.45, 7) is 1.69. The van der Waals surface area contributed by atoms with Gasteiger partial charge in [-0.1, -0.05) is 28.9 Å². The van der Waals surface area contributed by atoms with Crippen LogP contribution < -0.4 is 9.47 Å². The van der Waals surface area contributed by atoms with Crippen LogP contribution in [-0.4, -0.2) is 18.0 Å². The quantitative estimate of drug-likeness (QED) is 0.594. The summed E-state index contributed by atoms with van der Waals surface area (Å²) in [5, 5.41) is 4.70. The molecule has 0 aliphatic carbocycles. The maximum atomic E-state index is 11.4. The van der Waals surface area contributed by atoms with Gasteiger partial charge in [-0.3, -0.25) is 4.79 Å². The summed E-state index contributed by atoms with van der Waals surface area (Å²) in [7, 11) is 1.53. The van der Waals surface area contributed by atoms with Crippen LogP contribution in [0.1, 0.15) is 23.0 Å². The number of ketones is 1. The van der Waals surface area contributed by atoms with Crippen LogP contribution in [0, 0.1) is 0 Å². The number of carbonyl (C=O) groups is 1. The van der Waals surface area contributed by atoms with Crippen LogP contribution in [0.15, 0.2) is 53.1 Å². The van der Waals surface area contributed by atoms with Crippen LogP contribution in [0.3, 0.4) is 0 Å². The maximum absolute atomic E-state index is 11.4. The highest BCUT2D eigenvalue weighted by Crippen LogP contribution is 2.29.